The molecule has 150 valence electrons. The van der Waals surface area contributed by atoms with E-state index in [0.29, 0.717) is 33.4 Å². The predicted octanol–water partition coefficient (Wildman–Crippen LogP) is 3.51. The number of hydrogen-bond donors (Lipinski definition) is 2. The quantitative estimate of drug-likeness (QED) is 0.679. The number of ether oxygens (including phenoxy) is 4. The summed E-state index contributed by atoms with van der Waals surface area (Å²) in [5.41, 5.74) is 3.46. The zero-order chi connectivity index (χ0) is 20.3. The molecule has 0 fully saturated rings. The van der Waals surface area contributed by atoms with Crippen LogP contribution in [-0.2, 0) is 0 Å². The fourth-order valence-electron chi connectivity index (χ4n) is 3.90. The molecule has 3 aromatic rings. The lowest BCUT2D eigenvalue weighted by atomic mass is 10.0. The van der Waals surface area contributed by atoms with E-state index in [2.05, 4.69) is 15.6 Å². The van der Waals surface area contributed by atoms with E-state index in [1.165, 1.54) is 11.3 Å². The van der Waals surface area contributed by atoms with Crippen LogP contribution in [0, 0.1) is 13.8 Å². The normalized spacial score (nSPS) is 17.0. The van der Waals surface area contributed by atoms with Crippen LogP contribution in [0.15, 0.2) is 12.1 Å². The predicted molar refractivity (Wildman–Crippen MR) is 109 cm³/mol. The monoisotopic (exact) mass is 413 g/mol. The van der Waals surface area contributed by atoms with Crippen molar-refractivity contribution in [2.24, 2.45) is 0 Å². The van der Waals surface area contributed by atoms with Crippen LogP contribution < -0.4 is 29.6 Å². The first-order valence-corrected chi connectivity index (χ1v) is 9.86. The van der Waals surface area contributed by atoms with Crippen LogP contribution in [0.1, 0.15) is 32.7 Å². The molecular formula is C20H19N3O5S. The maximum atomic E-state index is 12.9. The second-order valence-electron chi connectivity index (χ2n) is 6.88. The Hall–Kier alpha value is -3.20. The smallest absolute Gasteiger partial charge is 0.265 e. The molecule has 0 aliphatic carbocycles. The molecule has 1 amide bonds. The highest BCUT2D eigenvalue weighted by atomic mass is 32.1. The molecule has 0 bridgehead atoms. The van der Waals surface area contributed by atoms with Crippen LogP contribution in [-0.4, -0.2) is 31.9 Å². The molecular weight excluding hydrogens is 394 g/mol. The van der Waals surface area contributed by atoms with Crippen molar-refractivity contribution < 1.29 is 23.7 Å². The lowest BCUT2D eigenvalue weighted by Crippen LogP contribution is -2.37. The first kappa shape index (κ1) is 17.9. The maximum absolute atomic E-state index is 12.9. The number of aryl methyl sites for hydroxylation is 2. The van der Waals surface area contributed by atoms with Gasteiger partial charge in [-0.15, -0.1) is 11.3 Å². The number of carbonyl (C=O) groups excluding carboxylic acids is 1. The average molecular weight is 413 g/mol. The van der Waals surface area contributed by atoms with Gasteiger partial charge in [0.25, 0.3) is 5.91 Å². The van der Waals surface area contributed by atoms with Gasteiger partial charge in [-0.3, -0.25) is 4.79 Å². The Balaban J connectivity index is 1.67. The summed E-state index contributed by atoms with van der Waals surface area (Å²) >= 11 is 1.38. The van der Waals surface area contributed by atoms with Crippen molar-refractivity contribution in [2.45, 2.75) is 20.0 Å². The maximum Gasteiger partial charge on any atom is 0.265 e. The largest absolute Gasteiger partial charge is 0.492 e. The fraction of sp³-hybridized carbons (Fsp3) is 0.300. The molecule has 0 radical (unpaired) electrons. The number of thiophene rings is 1. The molecule has 9 heteroatoms. The van der Waals surface area contributed by atoms with Gasteiger partial charge in [-0.2, -0.15) is 0 Å². The highest BCUT2D eigenvalue weighted by molar-refractivity contribution is 7.21. The number of aromatic nitrogens is 1. The van der Waals surface area contributed by atoms with E-state index in [1.54, 1.807) is 20.3 Å². The molecule has 0 unspecified atom stereocenters. The first-order chi connectivity index (χ1) is 14.0. The minimum absolute atomic E-state index is 0.103. The van der Waals surface area contributed by atoms with Gasteiger partial charge in [0, 0.05) is 16.6 Å². The van der Waals surface area contributed by atoms with E-state index in [1.807, 2.05) is 19.9 Å². The fourth-order valence-corrected chi connectivity index (χ4v) is 5.06. The topological polar surface area (TPSA) is 90.9 Å². The summed E-state index contributed by atoms with van der Waals surface area (Å²) in [6.45, 7) is 4.08. The number of fused-ring (bicyclic) bond motifs is 4. The number of benzene rings is 1. The third-order valence-electron chi connectivity index (χ3n) is 5.08. The minimum Gasteiger partial charge on any atom is -0.492 e. The molecule has 2 aliphatic rings. The van der Waals surface area contributed by atoms with Crippen LogP contribution in [0.25, 0.3) is 10.2 Å². The van der Waals surface area contributed by atoms with Crippen molar-refractivity contribution in [2.75, 3.05) is 26.3 Å². The second-order valence-corrected chi connectivity index (χ2v) is 7.88. The molecule has 8 nitrogen and oxygen atoms in total. The summed E-state index contributed by atoms with van der Waals surface area (Å²) in [6, 6.07) is 3.82. The number of rotatable bonds is 3. The summed E-state index contributed by atoms with van der Waals surface area (Å²) in [5, 5.41) is 7.41. The van der Waals surface area contributed by atoms with Crippen molar-refractivity contribution in [3.05, 3.63) is 33.8 Å². The summed E-state index contributed by atoms with van der Waals surface area (Å²) in [5.74, 6) is 1.78. The molecule has 29 heavy (non-hydrogen) atoms. The summed E-state index contributed by atoms with van der Waals surface area (Å²) < 4.78 is 22.2. The van der Waals surface area contributed by atoms with Crippen molar-refractivity contribution in [3.63, 3.8) is 0 Å². The van der Waals surface area contributed by atoms with Gasteiger partial charge >= 0.3 is 0 Å². The summed E-state index contributed by atoms with van der Waals surface area (Å²) in [6.07, 6.45) is -0.535. The molecule has 0 spiro atoms. The molecule has 2 aromatic heterocycles. The van der Waals surface area contributed by atoms with Gasteiger partial charge < -0.3 is 29.6 Å². The van der Waals surface area contributed by atoms with Gasteiger partial charge in [-0.25, -0.2) is 4.98 Å². The summed E-state index contributed by atoms with van der Waals surface area (Å²) in [4.78, 5) is 19.0. The number of pyridine rings is 1. The van der Waals surface area contributed by atoms with Crippen LogP contribution in [0.5, 0.6) is 23.0 Å². The van der Waals surface area contributed by atoms with Crippen LogP contribution >= 0.6 is 11.3 Å². The van der Waals surface area contributed by atoms with Crippen molar-refractivity contribution in [1.82, 2.24) is 10.3 Å². The Morgan fingerprint density at radius 1 is 1.14 bits per heavy atom. The standard InChI is InChI=1S/C20H19N3O5S/c1-8-5-9(2)21-20-12(8)13-17(29-20)19(24)23-18(22-13)10-6-11-15(28-7-27-11)16(26-4)14(10)25-3/h5-6,18,22H,7H2,1-4H3,(H,23,24)/t18-/m1/s1. The summed E-state index contributed by atoms with van der Waals surface area (Å²) in [7, 11) is 3.09. The van der Waals surface area contributed by atoms with E-state index in [-0.39, 0.29) is 12.7 Å². The van der Waals surface area contributed by atoms with Crippen molar-refractivity contribution >= 4 is 33.1 Å². The van der Waals surface area contributed by atoms with Gasteiger partial charge in [0.05, 0.1) is 19.9 Å². The van der Waals surface area contributed by atoms with Crippen LogP contribution in [0.4, 0.5) is 5.69 Å². The Morgan fingerprint density at radius 2 is 1.93 bits per heavy atom. The number of amides is 1. The molecule has 2 N–H and O–H groups in total. The molecule has 1 aromatic carbocycles. The van der Waals surface area contributed by atoms with Gasteiger partial charge in [-0.1, -0.05) is 0 Å². The van der Waals surface area contributed by atoms with Crippen LogP contribution in [0.3, 0.4) is 0 Å². The Kier molecular flexibility index (Phi) is 3.95. The van der Waals surface area contributed by atoms with Gasteiger partial charge in [-0.05, 0) is 31.5 Å². The van der Waals surface area contributed by atoms with Gasteiger partial charge in [0.15, 0.2) is 11.5 Å². The molecule has 5 rings (SSSR count). The first-order valence-electron chi connectivity index (χ1n) is 9.04. The molecule has 0 saturated heterocycles. The van der Waals surface area contributed by atoms with Crippen LogP contribution in [0.2, 0.25) is 0 Å². The highest BCUT2D eigenvalue weighted by Gasteiger charge is 2.35. The lowest BCUT2D eigenvalue weighted by molar-refractivity contribution is 0.0939. The van der Waals surface area contributed by atoms with E-state index in [9.17, 15) is 4.79 Å². The highest BCUT2D eigenvalue weighted by Crippen LogP contribution is 2.51. The minimum atomic E-state index is -0.535. The van der Waals surface area contributed by atoms with Crippen molar-refractivity contribution in [1.29, 1.82) is 0 Å². The van der Waals surface area contributed by atoms with Crippen molar-refractivity contribution in [3.8, 4) is 23.0 Å². The SMILES string of the molecule is COc1c([C@H]2NC(=O)c3sc4nc(C)cc(C)c4c3N2)cc2c(c1OC)OCO2. The molecule has 0 saturated carbocycles. The number of carbonyl (C=O) groups is 1. The average Bonchev–Trinajstić information content (AvgIpc) is 3.30. The van der Waals surface area contributed by atoms with E-state index in [4.69, 9.17) is 18.9 Å². The lowest BCUT2D eigenvalue weighted by Gasteiger charge is -2.28. The Morgan fingerprint density at radius 3 is 2.69 bits per heavy atom. The van der Waals surface area contributed by atoms with E-state index in [0.717, 1.165) is 27.2 Å². The Labute approximate surface area is 170 Å². The van der Waals surface area contributed by atoms with E-state index < -0.39 is 6.17 Å². The van der Waals surface area contributed by atoms with Gasteiger partial charge in [0.2, 0.25) is 18.3 Å². The third-order valence-corrected chi connectivity index (χ3v) is 6.16. The number of anilines is 1. The second kappa shape index (κ2) is 6.41. The Bertz CT molecular complexity index is 1170. The molecule has 2 aliphatic heterocycles. The van der Waals surface area contributed by atoms with Gasteiger partial charge in [0.1, 0.15) is 15.9 Å². The zero-order valence-corrected chi connectivity index (χ0v) is 17.2. The molecule has 4 heterocycles. The van der Waals surface area contributed by atoms with E-state index >= 15 is 0 Å². The third kappa shape index (κ3) is 2.57. The zero-order valence-electron chi connectivity index (χ0n) is 16.3. The number of nitrogens with one attached hydrogen (secondary N) is 2. The number of hydrogen-bond acceptors (Lipinski definition) is 8. The molecule has 1 atom stereocenters. The number of methoxy groups -OCH3 is 2. The number of nitrogens with zero attached hydrogens (tertiary/aromatic N) is 1.